The zero-order valence-corrected chi connectivity index (χ0v) is 12.3. The summed E-state index contributed by atoms with van der Waals surface area (Å²) in [4.78, 5) is 4.43. The highest BCUT2D eigenvalue weighted by atomic mass is 15.1. The first-order chi connectivity index (χ1) is 10.4. The Balaban J connectivity index is 1.78. The molecule has 2 heterocycles. The van der Waals surface area contributed by atoms with E-state index in [1.807, 2.05) is 12.5 Å². The summed E-state index contributed by atoms with van der Waals surface area (Å²) in [7, 11) is 0. The number of aromatic nitrogens is 2. The van der Waals surface area contributed by atoms with E-state index in [0.29, 0.717) is 6.04 Å². The second kappa shape index (κ2) is 5.40. The van der Waals surface area contributed by atoms with Crippen molar-refractivity contribution in [2.75, 3.05) is 11.9 Å². The van der Waals surface area contributed by atoms with Crippen molar-refractivity contribution in [1.29, 1.82) is 0 Å². The molecule has 108 valence electrons. The summed E-state index contributed by atoms with van der Waals surface area (Å²) < 4.78 is 2.37. The number of rotatable bonds is 2. The van der Waals surface area contributed by atoms with Crippen LogP contribution in [0.15, 0.2) is 42.9 Å². The highest BCUT2D eigenvalue weighted by Crippen LogP contribution is 2.36. The molecule has 21 heavy (non-hydrogen) atoms. The van der Waals surface area contributed by atoms with E-state index in [4.69, 9.17) is 0 Å². The molecule has 0 fully saturated rings. The van der Waals surface area contributed by atoms with Gasteiger partial charge in [0.1, 0.15) is 0 Å². The number of allylic oxidation sites excluding steroid dienone is 2. The molecule has 0 saturated heterocycles. The fourth-order valence-electron chi connectivity index (χ4n) is 3.56. The van der Waals surface area contributed by atoms with Crippen LogP contribution in [-0.4, -0.2) is 16.1 Å². The Morgan fingerprint density at radius 1 is 1.24 bits per heavy atom. The first-order valence-electron chi connectivity index (χ1n) is 7.96. The first kappa shape index (κ1) is 12.7. The normalized spacial score (nSPS) is 20.9. The van der Waals surface area contributed by atoms with Crippen molar-refractivity contribution in [3.05, 3.63) is 48.4 Å². The second-order valence-corrected chi connectivity index (χ2v) is 5.99. The Morgan fingerprint density at radius 3 is 3.14 bits per heavy atom. The number of fused-ring (bicyclic) bond motifs is 1. The van der Waals surface area contributed by atoms with Crippen LogP contribution in [0.5, 0.6) is 0 Å². The third-order valence-electron chi connectivity index (χ3n) is 4.65. The number of anilines is 1. The largest absolute Gasteiger partial charge is 0.384 e. The highest BCUT2D eigenvalue weighted by molar-refractivity contribution is 5.79. The molecule has 0 spiro atoms. The maximum absolute atomic E-state index is 4.43. The lowest BCUT2D eigenvalue weighted by Crippen LogP contribution is -2.14. The number of para-hydroxylation sites is 1. The lowest BCUT2D eigenvalue weighted by molar-refractivity contribution is 0.464. The quantitative estimate of drug-likeness (QED) is 0.835. The topological polar surface area (TPSA) is 29.9 Å². The van der Waals surface area contributed by atoms with Crippen LogP contribution in [0.3, 0.4) is 0 Å². The fourth-order valence-corrected chi connectivity index (χ4v) is 3.56. The fraction of sp³-hybridized carbons (Fsp3) is 0.389. The van der Waals surface area contributed by atoms with Gasteiger partial charge in [-0.05, 0) is 37.7 Å². The number of hydrogen-bond acceptors (Lipinski definition) is 2. The standard InChI is InChI=1S/C18H21N3/c1-2-8-15(9-3-1)21-13-19-12-17(21)16-10-4-6-14-7-5-11-20-18(14)16/h1-2,4,6,10,12-13,15,20H,3,5,7-9,11H2. The number of nitrogens with zero attached hydrogens (tertiary/aromatic N) is 2. The Kier molecular flexibility index (Phi) is 3.26. The van der Waals surface area contributed by atoms with Crippen LogP contribution in [0.1, 0.15) is 37.3 Å². The van der Waals surface area contributed by atoms with Gasteiger partial charge in [-0.2, -0.15) is 0 Å². The molecule has 0 bridgehead atoms. The van der Waals surface area contributed by atoms with E-state index >= 15 is 0 Å². The number of aryl methyl sites for hydroxylation is 1. The molecule has 1 N–H and O–H groups in total. The molecule has 3 heteroatoms. The van der Waals surface area contributed by atoms with Crippen LogP contribution < -0.4 is 5.32 Å². The lowest BCUT2D eigenvalue weighted by Gasteiger charge is -2.25. The van der Waals surface area contributed by atoms with E-state index in [0.717, 1.165) is 13.0 Å². The van der Waals surface area contributed by atoms with Crippen molar-refractivity contribution in [3.63, 3.8) is 0 Å². The summed E-state index contributed by atoms with van der Waals surface area (Å²) in [5.74, 6) is 0. The van der Waals surface area contributed by atoms with Gasteiger partial charge >= 0.3 is 0 Å². The first-order valence-corrected chi connectivity index (χ1v) is 7.96. The molecule has 1 aromatic heterocycles. The maximum atomic E-state index is 4.43. The lowest BCUT2D eigenvalue weighted by atomic mass is 9.97. The minimum atomic E-state index is 0.548. The van der Waals surface area contributed by atoms with Crippen LogP contribution in [-0.2, 0) is 6.42 Å². The van der Waals surface area contributed by atoms with E-state index in [9.17, 15) is 0 Å². The average molecular weight is 279 g/mol. The van der Waals surface area contributed by atoms with Gasteiger partial charge in [-0.25, -0.2) is 4.98 Å². The maximum Gasteiger partial charge on any atom is 0.0953 e. The van der Waals surface area contributed by atoms with Gasteiger partial charge in [0.25, 0.3) is 0 Å². The summed E-state index contributed by atoms with van der Waals surface area (Å²) in [6, 6.07) is 7.20. The minimum Gasteiger partial charge on any atom is -0.384 e. The van der Waals surface area contributed by atoms with Gasteiger partial charge in [0.2, 0.25) is 0 Å². The summed E-state index contributed by atoms with van der Waals surface area (Å²) in [6.45, 7) is 1.07. The van der Waals surface area contributed by atoms with Crippen LogP contribution >= 0.6 is 0 Å². The molecule has 2 aliphatic rings. The van der Waals surface area contributed by atoms with Gasteiger partial charge in [-0.15, -0.1) is 0 Å². The van der Waals surface area contributed by atoms with Gasteiger partial charge in [0.15, 0.2) is 0 Å². The predicted molar refractivity (Wildman–Crippen MR) is 86.5 cm³/mol. The molecule has 0 saturated carbocycles. The summed E-state index contributed by atoms with van der Waals surface area (Å²) in [6.07, 6.45) is 14.5. The monoisotopic (exact) mass is 279 g/mol. The number of benzene rings is 1. The van der Waals surface area contributed by atoms with E-state index in [1.54, 1.807) is 0 Å². The molecule has 1 unspecified atom stereocenters. The van der Waals surface area contributed by atoms with Gasteiger partial charge in [0.05, 0.1) is 18.2 Å². The summed E-state index contributed by atoms with van der Waals surface area (Å²) in [5, 5.41) is 3.59. The van der Waals surface area contributed by atoms with Gasteiger partial charge in [-0.3, -0.25) is 0 Å². The van der Waals surface area contributed by atoms with E-state index in [-0.39, 0.29) is 0 Å². The van der Waals surface area contributed by atoms with Gasteiger partial charge < -0.3 is 9.88 Å². The second-order valence-electron chi connectivity index (χ2n) is 5.99. The summed E-state index contributed by atoms with van der Waals surface area (Å²) in [5.41, 5.74) is 5.31. The predicted octanol–water partition coefficient (Wildman–Crippen LogP) is 4.19. The van der Waals surface area contributed by atoms with Crippen molar-refractivity contribution >= 4 is 5.69 Å². The number of imidazole rings is 1. The summed E-state index contributed by atoms with van der Waals surface area (Å²) >= 11 is 0. The van der Waals surface area contributed by atoms with Crippen LogP contribution in [0.25, 0.3) is 11.3 Å². The molecular weight excluding hydrogens is 258 g/mol. The van der Waals surface area contributed by atoms with Crippen molar-refractivity contribution in [1.82, 2.24) is 9.55 Å². The van der Waals surface area contributed by atoms with E-state index in [1.165, 1.54) is 48.2 Å². The zero-order valence-electron chi connectivity index (χ0n) is 12.3. The molecule has 4 rings (SSSR count). The Bertz CT molecular complexity index is 669. The van der Waals surface area contributed by atoms with Gasteiger partial charge in [0, 0.05) is 23.8 Å². The number of nitrogens with one attached hydrogen (secondary N) is 1. The Morgan fingerprint density at radius 2 is 2.24 bits per heavy atom. The molecule has 1 atom stereocenters. The van der Waals surface area contributed by atoms with Crippen LogP contribution in [0, 0.1) is 0 Å². The molecule has 0 radical (unpaired) electrons. The molecule has 1 aromatic carbocycles. The SMILES string of the molecule is C1=CCC(n2cncc2-c2cccc3c2NCCC3)CC1. The van der Waals surface area contributed by atoms with E-state index < -0.39 is 0 Å². The third kappa shape index (κ3) is 2.27. The molecule has 0 amide bonds. The van der Waals surface area contributed by atoms with Crippen molar-refractivity contribution in [2.24, 2.45) is 0 Å². The van der Waals surface area contributed by atoms with Crippen LogP contribution in [0.2, 0.25) is 0 Å². The average Bonchev–Trinajstić information content (AvgIpc) is 3.04. The Hall–Kier alpha value is -2.03. The van der Waals surface area contributed by atoms with Gasteiger partial charge in [-0.1, -0.05) is 30.4 Å². The van der Waals surface area contributed by atoms with Crippen molar-refractivity contribution in [3.8, 4) is 11.3 Å². The molecule has 1 aliphatic heterocycles. The van der Waals surface area contributed by atoms with Crippen LogP contribution in [0.4, 0.5) is 5.69 Å². The highest BCUT2D eigenvalue weighted by Gasteiger charge is 2.20. The minimum absolute atomic E-state index is 0.548. The van der Waals surface area contributed by atoms with E-state index in [2.05, 4.69) is 45.2 Å². The number of hydrogen-bond donors (Lipinski definition) is 1. The molecule has 2 aromatic rings. The third-order valence-corrected chi connectivity index (χ3v) is 4.65. The molecular formula is C18H21N3. The Labute approximate surface area is 125 Å². The zero-order chi connectivity index (χ0) is 14.1. The molecule has 3 nitrogen and oxygen atoms in total. The van der Waals surface area contributed by atoms with Crippen molar-refractivity contribution < 1.29 is 0 Å². The smallest absolute Gasteiger partial charge is 0.0953 e. The molecule has 1 aliphatic carbocycles. The van der Waals surface area contributed by atoms with Crippen molar-refractivity contribution in [2.45, 2.75) is 38.1 Å².